The SMILES string of the molecule is CC(C)[C@H]1CN(C(=O)CN2CC(=O)NC2=O)CCCN1Cc1ccc(F)cc1. The highest BCUT2D eigenvalue weighted by molar-refractivity contribution is 6.03. The molecule has 0 aliphatic carbocycles. The largest absolute Gasteiger partial charge is 0.340 e. The Morgan fingerprint density at radius 1 is 1.21 bits per heavy atom. The van der Waals surface area contributed by atoms with Crippen molar-refractivity contribution >= 4 is 17.8 Å². The third-order valence-corrected chi connectivity index (χ3v) is 5.37. The van der Waals surface area contributed by atoms with Crippen molar-refractivity contribution in [3.8, 4) is 0 Å². The number of urea groups is 1. The maximum Gasteiger partial charge on any atom is 0.325 e. The molecule has 3 rings (SSSR count). The highest BCUT2D eigenvalue weighted by atomic mass is 19.1. The van der Waals surface area contributed by atoms with Crippen LogP contribution in [0.15, 0.2) is 24.3 Å². The molecular weight excluding hydrogens is 363 g/mol. The highest BCUT2D eigenvalue weighted by Gasteiger charge is 2.33. The number of benzene rings is 1. The number of hydrogen-bond acceptors (Lipinski definition) is 4. The first-order valence-electron chi connectivity index (χ1n) is 9.68. The van der Waals surface area contributed by atoms with Gasteiger partial charge in [-0.2, -0.15) is 0 Å². The smallest absolute Gasteiger partial charge is 0.325 e. The van der Waals surface area contributed by atoms with Crippen molar-refractivity contribution in [2.45, 2.75) is 32.9 Å². The van der Waals surface area contributed by atoms with Gasteiger partial charge in [0.15, 0.2) is 0 Å². The first-order chi connectivity index (χ1) is 13.3. The zero-order valence-corrected chi connectivity index (χ0v) is 16.4. The van der Waals surface area contributed by atoms with E-state index in [2.05, 4.69) is 24.1 Å². The molecule has 4 amide bonds. The van der Waals surface area contributed by atoms with E-state index in [1.165, 1.54) is 17.0 Å². The summed E-state index contributed by atoms with van der Waals surface area (Å²) >= 11 is 0. The van der Waals surface area contributed by atoms with Gasteiger partial charge in [-0.25, -0.2) is 9.18 Å². The lowest BCUT2D eigenvalue weighted by Gasteiger charge is -2.35. The van der Waals surface area contributed by atoms with Gasteiger partial charge in [-0.05, 0) is 30.0 Å². The molecule has 1 atom stereocenters. The standard InChI is InChI=1S/C20H27FN4O3/c1-14(2)17-11-24(19(27)13-25-12-18(26)22-20(25)28)9-3-8-23(17)10-15-4-6-16(21)7-5-15/h4-7,14,17H,3,8-13H2,1-2H3,(H,22,26,28)/t17-/m1/s1. The van der Waals surface area contributed by atoms with Crippen LogP contribution in [0.1, 0.15) is 25.8 Å². The van der Waals surface area contributed by atoms with Crippen molar-refractivity contribution < 1.29 is 18.8 Å². The third-order valence-electron chi connectivity index (χ3n) is 5.37. The van der Waals surface area contributed by atoms with E-state index in [4.69, 9.17) is 0 Å². The van der Waals surface area contributed by atoms with Crippen molar-refractivity contribution in [3.63, 3.8) is 0 Å². The van der Waals surface area contributed by atoms with Crippen LogP contribution in [-0.2, 0) is 16.1 Å². The van der Waals surface area contributed by atoms with Gasteiger partial charge >= 0.3 is 6.03 Å². The van der Waals surface area contributed by atoms with E-state index in [1.54, 1.807) is 17.0 Å². The summed E-state index contributed by atoms with van der Waals surface area (Å²) in [5.74, 6) is -0.440. The average molecular weight is 390 g/mol. The number of amides is 4. The summed E-state index contributed by atoms with van der Waals surface area (Å²) < 4.78 is 13.2. The highest BCUT2D eigenvalue weighted by Crippen LogP contribution is 2.20. The Kier molecular flexibility index (Phi) is 6.28. The normalized spacial score (nSPS) is 21.2. The molecule has 2 fully saturated rings. The predicted molar refractivity (Wildman–Crippen MR) is 102 cm³/mol. The van der Waals surface area contributed by atoms with Crippen LogP contribution in [0.4, 0.5) is 9.18 Å². The van der Waals surface area contributed by atoms with E-state index in [9.17, 15) is 18.8 Å². The van der Waals surface area contributed by atoms with Crippen LogP contribution in [0.2, 0.25) is 0 Å². The van der Waals surface area contributed by atoms with Gasteiger partial charge in [0.1, 0.15) is 18.9 Å². The van der Waals surface area contributed by atoms with Gasteiger partial charge in [-0.1, -0.05) is 26.0 Å². The van der Waals surface area contributed by atoms with Crippen molar-refractivity contribution in [1.29, 1.82) is 0 Å². The van der Waals surface area contributed by atoms with E-state index >= 15 is 0 Å². The lowest BCUT2D eigenvalue weighted by Crippen LogP contribution is -2.48. The summed E-state index contributed by atoms with van der Waals surface area (Å²) in [5.41, 5.74) is 1.04. The molecule has 0 radical (unpaired) electrons. The van der Waals surface area contributed by atoms with Crippen LogP contribution >= 0.6 is 0 Å². The number of nitrogens with one attached hydrogen (secondary N) is 1. The minimum absolute atomic E-state index is 0.0668. The summed E-state index contributed by atoms with van der Waals surface area (Å²) in [4.78, 5) is 41.2. The molecule has 7 nitrogen and oxygen atoms in total. The molecular formula is C20H27FN4O3. The average Bonchev–Trinajstić information content (AvgIpc) is 2.83. The van der Waals surface area contributed by atoms with Crippen LogP contribution < -0.4 is 5.32 Å². The first kappa shape index (κ1) is 20.3. The van der Waals surface area contributed by atoms with Gasteiger partial charge in [0.05, 0.1) is 0 Å². The van der Waals surface area contributed by atoms with Crippen molar-refractivity contribution in [1.82, 2.24) is 20.0 Å². The molecule has 0 saturated carbocycles. The Balaban J connectivity index is 1.66. The van der Waals surface area contributed by atoms with Crippen LogP contribution in [-0.4, -0.2) is 71.3 Å². The Labute approximate surface area is 164 Å². The minimum atomic E-state index is -0.508. The number of nitrogens with zero attached hydrogens (tertiary/aromatic N) is 3. The molecule has 0 unspecified atom stereocenters. The van der Waals surface area contributed by atoms with Crippen molar-refractivity contribution in [2.24, 2.45) is 5.92 Å². The lowest BCUT2D eigenvalue weighted by atomic mass is 10.0. The number of imide groups is 1. The summed E-state index contributed by atoms with van der Waals surface area (Å²) in [6, 6.07) is 6.18. The molecule has 1 aromatic rings. The Hall–Kier alpha value is -2.48. The minimum Gasteiger partial charge on any atom is -0.340 e. The zero-order valence-electron chi connectivity index (χ0n) is 16.4. The van der Waals surface area contributed by atoms with Gasteiger partial charge in [-0.15, -0.1) is 0 Å². The molecule has 0 aromatic heterocycles. The monoisotopic (exact) mass is 390 g/mol. The molecule has 2 saturated heterocycles. The van der Waals surface area contributed by atoms with Crippen LogP contribution in [0.3, 0.4) is 0 Å². The number of halogens is 1. The fraction of sp³-hybridized carbons (Fsp3) is 0.550. The van der Waals surface area contributed by atoms with E-state index in [-0.39, 0.29) is 36.8 Å². The Morgan fingerprint density at radius 3 is 2.54 bits per heavy atom. The molecule has 8 heteroatoms. The molecule has 2 heterocycles. The van der Waals surface area contributed by atoms with Crippen LogP contribution in [0.5, 0.6) is 0 Å². The second-order valence-corrected chi connectivity index (χ2v) is 7.81. The Bertz CT molecular complexity index is 737. The summed E-state index contributed by atoms with van der Waals surface area (Å²) in [6.07, 6.45) is 0.821. The topological polar surface area (TPSA) is 73.0 Å². The molecule has 1 N–H and O–H groups in total. The Morgan fingerprint density at radius 2 is 1.93 bits per heavy atom. The first-order valence-corrected chi connectivity index (χ1v) is 9.68. The van der Waals surface area contributed by atoms with E-state index < -0.39 is 6.03 Å². The maximum atomic E-state index is 13.2. The second-order valence-electron chi connectivity index (χ2n) is 7.81. The quantitative estimate of drug-likeness (QED) is 0.772. The summed E-state index contributed by atoms with van der Waals surface area (Å²) in [5, 5.41) is 2.20. The molecule has 28 heavy (non-hydrogen) atoms. The van der Waals surface area contributed by atoms with Crippen molar-refractivity contribution in [3.05, 3.63) is 35.6 Å². The molecule has 0 bridgehead atoms. The van der Waals surface area contributed by atoms with Gasteiger partial charge in [0, 0.05) is 32.2 Å². The van der Waals surface area contributed by atoms with Gasteiger partial charge in [0.2, 0.25) is 11.8 Å². The van der Waals surface area contributed by atoms with Gasteiger partial charge in [-0.3, -0.25) is 19.8 Å². The fourth-order valence-corrected chi connectivity index (χ4v) is 3.82. The van der Waals surface area contributed by atoms with Crippen LogP contribution in [0.25, 0.3) is 0 Å². The molecule has 0 spiro atoms. The number of rotatable bonds is 5. The van der Waals surface area contributed by atoms with E-state index in [1.807, 2.05) is 0 Å². The van der Waals surface area contributed by atoms with Gasteiger partial charge < -0.3 is 9.80 Å². The maximum absolute atomic E-state index is 13.2. The van der Waals surface area contributed by atoms with E-state index in [0.717, 1.165) is 18.5 Å². The molecule has 2 aliphatic rings. The number of hydrogen-bond donors (Lipinski definition) is 1. The summed E-state index contributed by atoms with van der Waals surface area (Å²) in [7, 11) is 0. The van der Waals surface area contributed by atoms with Crippen molar-refractivity contribution in [2.75, 3.05) is 32.7 Å². The zero-order chi connectivity index (χ0) is 20.3. The molecule has 152 valence electrons. The summed E-state index contributed by atoms with van der Waals surface area (Å²) in [6.45, 7) is 6.84. The van der Waals surface area contributed by atoms with Crippen LogP contribution in [0, 0.1) is 11.7 Å². The fourth-order valence-electron chi connectivity index (χ4n) is 3.82. The molecule has 2 aliphatic heterocycles. The predicted octanol–water partition coefficient (Wildman–Crippen LogP) is 1.44. The lowest BCUT2D eigenvalue weighted by molar-refractivity contribution is -0.132. The number of carbonyl (C=O) groups is 3. The van der Waals surface area contributed by atoms with Gasteiger partial charge in [0.25, 0.3) is 0 Å². The third kappa shape index (κ3) is 4.86. The molecule has 1 aromatic carbocycles. The number of carbonyl (C=O) groups excluding carboxylic acids is 3. The second kappa shape index (κ2) is 8.68. The van der Waals surface area contributed by atoms with E-state index in [0.29, 0.717) is 25.6 Å².